The van der Waals surface area contributed by atoms with Crippen molar-refractivity contribution in [3.05, 3.63) is 0 Å². The summed E-state index contributed by atoms with van der Waals surface area (Å²) < 4.78 is 6.04. The second-order valence-electron chi connectivity index (χ2n) is 6.53. The van der Waals surface area contributed by atoms with E-state index in [0.29, 0.717) is 5.92 Å². The van der Waals surface area contributed by atoms with Crippen LogP contribution in [0.15, 0.2) is 0 Å². The molecular formula is C14H28O2. The highest BCUT2D eigenvalue weighted by molar-refractivity contribution is 4.98. The Morgan fingerprint density at radius 1 is 1.31 bits per heavy atom. The molecule has 0 spiro atoms. The van der Waals surface area contributed by atoms with Crippen LogP contribution in [0.3, 0.4) is 0 Å². The highest BCUT2D eigenvalue weighted by Crippen LogP contribution is 2.45. The standard InChI is InChI=1S/C14H28O2/c1-7-8-10(2)12(15)11-9-13(3,4)16-14(11,5)6/h10-12,15H,7-9H2,1-6H3. The van der Waals surface area contributed by atoms with Gasteiger partial charge in [-0.3, -0.25) is 0 Å². The van der Waals surface area contributed by atoms with Crippen LogP contribution < -0.4 is 0 Å². The molecule has 3 atom stereocenters. The number of ether oxygens (including phenoxy) is 1. The van der Waals surface area contributed by atoms with Crippen molar-refractivity contribution in [2.75, 3.05) is 0 Å². The molecule has 0 aliphatic carbocycles. The maximum Gasteiger partial charge on any atom is 0.0687 e. The van der Waals surface area contributed by atoms with Gasteiger partial charge in [-0.25, -0.2) is 0 Å². The lowest BCUT2D eigenvalue weighted by molar-refractivity contribution is -0.0931. The maximum atomic E-state index is 10.4. The third-order valence-corrected chi connectivity index (χ3v) is 3.88. The molecule has 1 fully saturated rings. The van der Waals surface area contributed by atoms with Crippen LogP contribution in [0, 0.1) is 11.8 Å². The Morgan fingerprint density at radius 3 is 2.25 bits per heavy atom. The van der Waals surface area contributed by atoms with Gasteiger partial charge in [-0.05, 0) is 46.5 Å². The summed E-state index contributed by atoms with van der Waals surface area (Å²) in [5.74, 6) is 0.621. The lowest BCUT2D eigenvalue weighted by Crippen LogP contribution is -2.39. The van der Waals surface area contributed by atoms with Crippen LogP contribution in [-0.2, 0) is 4.74 Å². The average Bonchev–Trinajstić information content (AvgIpc) is 2.33. The number of hydrogen-bond donors (Lipinski definition) is 1. The summed E-state index contributed by atoms with van der Waals surface area (Å²) in [7, 11) is 0. The Bertz CT molecular complexity index is 233. The molecule has 1 aliphatic rings. The third kappa shape index (κ3) is 2.98. The molecule has 0 aromatic carbocycles. The summed E-state index contributed by atoms with van der Waals surface area (Å²) in [6, 6.07) is 0. The van der Waals surface area contributed by atoms with Gasteiger partial charge in [0, 0.05) is 5.92 Å². The van der Waals surface area contributed by atoms with Gasteiger partial charge in [0.15, 0.2) is 0 Å². The van der Waals surface area contributed by atoms with E-state index in [0.717, 1.165) is 19.3 Å². The smallest absolute Gasteiger partial charge is 0.0687 e. The van der Waals surface area contributed by atoms with E-state index in [2.05, 4.69) is 41.5 Å². The SMILES string of the molecule is CCCC(C)C(O)C1CC(C)(C)OC1(C)C. The largest absolute Gasteiger partial charge is 0.392 e. The zero-order valence-corrected chi connectivity index (χ0v) is 11.7. The van der Waals surface area contributed by atoms with Gasteiger partial charge in [-0.2, -0.15) is 0 Å². The van der Waals surface area contributed by atoms with Gasteiger partial charge >= 0.3 is 0 Å². The van der Waals surface area contributed by atoms with Crippen LogP contribution in [-0.4, -0.2) is 22.4 Å². The van der Waals surface area contributed by atoms with E-state index < -0.39 is 0 Å². The highest BCUT2D eigenvalue weighted by atomic mass is 16.5. The van der Waals surface area contributed by atoms with Crippen molar-refractivity contribution < 1.29 is 9.84 Å². The molecule has 0 aromatic rings. The summed E-state index contributed by atoms with van der Waals surface area (Å²) >= 11 is 0. The van der Waals surface area contributed by atoms with Gasteiger partial charge in [0.2, 0.25) is 0 Å². The van der Waals surface area contributed by atoms with Crippen LogP contribution in [0.2, 0.25) is 0 Å². The molecule has 2 heteroatoms. The Kier molecular flexibility index (Phi) is 4.07. The Labute approximate surface area is 100 Å². The van der Waals surface area contributed by atoms with E-state index in [1.807, 2.05) is 0 Å². The average molecular weight is 228 g/mol. The van der Waals surface area contributed by atoms with Gasteiger partial charge in [-0.15, -0.1) is 0 Å². The number of aliphatic hydroxyl groups is 1. The van der Waals surface area contributed by atoms with Crippen LogP contribution in [0.5, 0.6) is 0 Å². The van der Waals surface area contributed by atoms with Gasteiger partial charge in [-0.1, -0.05) is 20.3 Å². The molecular weight excluding hydrogens is 200 g/mol. The minimum atomic E-state index is -0.239. The van der Waals surface area contributed by atoms with Crippen molar-refractivity contribution in [3.8, 4) is 0 Å². The predicted octanol–water partition coefficient (Wildman–Crippen LogP) is 3.38. The van der Waals surface area contributed by atoms with Gasteiger partial charge in [0.05, 0.1) is 17.3 Å². The fourth-order valence-electron chi connectivity index (χ4n) is 3.16. The molecule has 1 saturated heterocycles. The first-order valence-electron chi connectivity index (χ1n) is 6.58. The first-order chi connectivity index (χ1) is 7.19. The van der Waals surface area contributed by atoms with E-state index in [1.54, 1.807) is 0 Å². The van der Waals surface area contributed by atoms with E-state index in [1.165, 1.54) is 0 Å². The molecule has 0 saturated carbocycles. The lowest BCUT2D eigenvalue weighted by atomic mass is 9.78. The second kappa shape index (κ2) is 4.66. The van der Waals surface area contributed by atoms with Crippen LogP contribution >= 0.6 is 0 Å². The molecule has 0 amide bonds. The maximum absolute atomic E-state index is 10.4. The van der Waals surface area contributed by atoms with Crippen molar-refractivity contribution in [2.24, 2.45) is 11.8 Å². The Balaban J connectivity index is 2.72. The van der Waals surface area contributed by atoms with Crippen molar-refractivity contribution in [1.82, 2.24) is 0 Å². The first-order valence-corrected chi connectivity index (χ1v) is 6.58. The topological polar surface area (TPSA) is 29.5 Å². The Morgan fingerprint density at radius 2 is 1.88 bits per heavy atom. The molecule has 96 valence electrons. The normalized spacial score (nSPS) is 31.3. The zero-order chi connectivity index (χ0) is 12.6. The molecule has 16 heavy (non-hydrogen) atoms. The van der Waals surface area contributed by atoms with Crippen LogP contribution in [0.1, 0.15) is 60.8 Å². The van der Waals surface area contributed by atoms with Gasteiger partial charge < -0.3 is 9.84 Å². The van der Waals surface area contributed by atoms with Crippen molar-refractivity contribution in [2.45, 2.75) is 78.1 Å². The summed E-state index contributed by atoms with van der Waals surface area (Å²) in [6.07, 6.45) is 2.94. The third-order valence-electron chi connectivity index (χ3n) is 3.88. The fraction of sp³-hybridized carbons (Fsp3) is 1.00. The monoisotopic (exact) mass is 228 g/mol. The molecule has 1 heterocycles. The quantitative estimate of drug-likeness (QED) is 0.799. The summed E-state index contributed by atoms with van der Waals surface area (Å²) in [6.45, 7) is 12.8. The van der Waals surface area contributed by atoms with E-state index in [4.69, 9.17) is 4.74 Å². The van der Waals surface area contributed by atoms with E-state index in [-0.39, 0.29) is 23.2 Å². The number of aliphatic hydroxyl groups excluding tert-OH is 1. The summed E-state index contributed by atoms with van der Waals surface area (Å²) in [4.78, 5) is 0. The van der Waals surface area contributed by atoms with Gasteiger partial charge in [0.1, 0.15) is 0 Å². The van der Waals surface area contributed by atoms with Crippen molar-refractivity contribution in [1.29, 1.82) is 0 Å². The molecule has 1 aliphatic heterocycles. The predicted molar refractivity (Wildman–Crippen MR) is 67.4 cm³/mol. The Hall–Kier alpha value is -0.0800. The number of rotatable bonds is 4. The van der Waals surface area contributed by atoms with E-state index in [9.17, 15) is 5.11 Å². The summed E-state index contributed by atoms with van der Waals surface area (Å²) in [5, 5.41) is 10.4. The van der Waals surface area contributed by atoms with E-state index >= 15 is 0 Å². The zero-order valence-electron chi connectivity index (χ0n) is 11.7. The summed E-state index contributed by atoms with van der Waals surface area (Å²) in [5.41, 5.74) is -0.300. The number of hydrogen-bond acceptors (Lipinski definition) is 2. The minimum Gasteiger partial charge on any atom is -0.392 e. The fourth-order valence-corrected chi connectivity index (χ4v) is 3.16. The molecule has 1 N–H and O–H groups in total. The molecule has 1 rings (SSSR count). The van der Waals surface area contributed by atoms with Crippen LogP contribution in [0.4, 0.5) is 0 Å². The van der Waals surface area contributed by atoms with Gasteiger partial charge in [0.25, 0.3) is 0 Å². The van der Waals surface area contributed by atoms with Crippen LogP contribution in [0.25, 0.3) is 0 Å². The molecule has 3 unspecified atom stereocenters. The van der Waals surface area contributed by atoms with Crippen molar-refractivity contribution in [3.63, 3.8) is 0 Å². The lowest BCUT2D eigenvalue weighted by Gasteiger charge is -2.33. The second-order valence-corrected chi connectivity index (χ2v) is 6.53. The molecule has 0 aromatic heterocycles. The first kappa shape index (κ1) is 14.0. The molecule has 2 nitrogen and oxygen atoms in total. The van der Waals surface area contributed by atoms with Crippen molar-refractivity contribution >= 4 is 0 Å². The molecule has 0 radical (unpaired) electrons. The molecule has 0 bridgehead atoms. The minimum absolute atomic E-state index is 0.0961. The highest BCUT2D eigenvalue weighted by Gasteiger charge is 2.49.